The monoisotopic (exact) mass is 432 g/mol. The smallest absolute Gasteiger partial charge is 0.254 e. The van der Waals surface area contributed by atoms with E-state index in [2.05, 4.69) is 24.1 Å². The Hall–Kier alpha value is -3.47. The zero-order chi connectivity index (χ0) is 22.8. The summed E-state index contributed by atoms with van der Waals surface area (Å²) in [6.45, 7) is 8.33. The van der Waals surface area contributed by atoms with Gasteiger partial charge in [0.2, 0.25) is 0 Å². The van der Waals surface area contributed by atoms with Gasteiger partial charge in [-0.25, -0.2) is 0 Å². The van der Waals surface area contributed by atoms with E-state index in [0.717, 1.165) is 35.6 Å². The minimum absolute atomic E-state index is 0.0286. The molecule has 0 atom stereocenters. The topological polar surface area (TPSA) is 43.7 Å². The molecule has 5 nitrogen and oxygen atoms in total. The van der Waals surface area contributed by atoms with E-state index in [-0.39, 0.29) is 5.91 Å². The number of hydrogen-bond donors (Lipinski definition) is 0. The number of methoxy groups -OCH3 is 1. The minimum atomic E-state index is -0.0286. The maximum absolute atomic E-state index is 13.2. The van der Waals surface area contributed by atoms with Crippen molar-refractivity contribution in [3.8, 4) is 11.5 Å². The Labute approximate surface area is 190 Å². The molecule has 0 aliphatic rings. The molecule has 1 aromatic heterocycles. The van der Waals surface area contributed by atoms with Crippen molar-refractivity contribution in [2.75, 3.05) is 20.3 Å². The minimum Gasteiger partial charge on any atom is -0.497 e. The maximum Gasteiger partial charge on any atom is 0.254 e. The van der Waals surface area contributed by atoms with E-state index in [4.69, 9.17) is 9.47 Å². The van der Waals surface area contributed by atoms with Crippen molar-refractivity contribution in [1.29, 1.82) is 0 Å². The van der Waals surface area contributed by atoms with E-state index in [9.17, 15) is 4.79 Å². The van der Waals surface area contributed by atoms with Crippen molar-refractivity contribution in [3.05, 3.63) is 96.3 Å². The quantitative estimate of drug-likeness (QED) is 0.278. The summed E-state index contributed by atoms with van der Waals surface area (Å²) in [4.78, 5) is 15.0. The van der Waals surface area contributed by atoms with Crippen molar-refractivity contribution in [2.24, 2.45) is 0 Å². The Morgan fingerprint density at radius 2 is 1.91 bits per heavy atom. The number of carbonyl (C=O) groups is 1. The van der Waals surface area contributed by atoms with Crippen LogP contribution in [0.25, 0.3) is 0 Å². The van der Waals surface area contributed by atoms with Crippen LogP contribution in [0.3, 0.4) is 0 Å². The van der Waals surface area contributed by atoms with Crippen LogP contribution in [-0.2, 0) is 13.1 Å². The first-order valence-corrected chi connectivity index (χ1v) is 11.0. The van der Waals surface area contributed by atoms with Crippen molar-refractivity contribution in [3.63, 3.8) is 0 Å². The highest BCUT2D eigenvalue weighted by atomic mass is 16.5. The van der Waals surface area contributed by atoms with Gasteiger partial charge in [-0.2, -0.15) is 0 Å². The number of hydrogen-bond acceptors (Lipinski definition) is 3. The molecular weight excluding hydrogens is 400 g/mol. The number of benzene rings is 2. The normalized spacial score (nSPS) is 10.6. The lowest BCUT2D eigenvalue weighted by Crippen LogP contribution is -2.31. The molecule has 0 radical (unpaired) electrons. The average molecular weight is 433 g/mol. The molecule has 0 aliphatic carbocycles. The molecule has 0 N–H and O–H groups in total. The van der Waals surface area contributed by atoms with Crippen molar-refractivity contribution in [1.82, 2.24) is 9.47 Å². The van der Waals surface area contributed by atoms with Crippen molar-refractivity contribution >= 4 is 5.91 Å². The average Bonchev–Trinajstić information content (AvgIpc) is 3.25. The summed E-state index contributed by atoms with van der Waals surface area (Å²) in [5.41, 5.74) is 2.84. The molecule has 0 saturated heterocycles. The second-order valence-electron chi connectivity index (χ2n) is 7.68. The highest BCUT2D eigenvalue weighted by Gasteiger charge is 2.17. The van der Waals surface area contributed by atoms with Gasteiger partial charge in [-0.05, 0) is 60.5 Å². The van der Waals surface area contributed by atoms with Crippen LogP contribution in [-0.4, -0.2) is 35.6 Å². The van der Waals surface area contributed by atoms with Crippen molar-refractivity contribution in [2.45, 2.75) is 32.9 Å². The molecule has 5 heteroatoms. The Bertz CT molecular complexity index is 1010. The maximum atomic E-state index is 13.2. The molecule has 3 rings (SSSR count). The second-order valence-corrected chi connectivity index (χ2v) is 7.68. The number of nitrogens with zero attached hydrogens (tertiary/aromatic N) is 2. The number of aromatic nitrogens is 1. The van der Waals surface area contributed by atoms with E-state index in [0.29, 0.717) is 31.8 Å². The van der Waals surface area contributed by atoms with Gasteiger partial charge in [0, 0.05) is 30.5 Å². The standard InChI is InChI=1S/C27H32N2O3/c1-4-6-18-32-25-14-12-23(13-15-25)27(30)29(16-5-2)21-24-10-8-17-28(24)20-22-9-7-11-26(19-22)31-3/h5,7-15,17,19H,2,4,6,16,18,20-21H2,1,3H3. The van der Waals surface area contributed by atoms with Crippen LogP contribution in [0.4, 0.5) is 0 Å². The largest absolute Gasteiger partial charge is 0.497 e. The van der Waals surface area contributed by atoms with Crippen LogP contribution < -0.4 is 9.47 Å². The molecule has 0 spiro atoms. The van der Waals surface area contributed by atoms with Gasteiger partial charge in [0.05, 0.1) is 20.3 Å². The molecule has 0 bridgehead atoms. The third-order valence-electron chi connectivity index (χ3n) is 5.27. The number of ether oxygens (including phenoxy) is 2. The zero-order valence-corrected chi connectivity index (χ0v) is 19.0. The molecule has 0 aliphatic heterocycles. The molecule has 0 fully saturated rings. The predicted octanol–water partition coefficient (Wildman–Crippen LogP) is 5.55. The highest BCUT2D eigenvalue weighted by molar-refractivity contribution is 5.94. The summed E-state index contributed by atoms with van der Waals surface area (Å²) < 4.78 is 13.2. The van der Waals surface area contributed by atoms with Gasteiger partial charge >= 0.3 is 0 Å². The third kappa shape index (κ3) is 6.27. The summed E-state index contributed by atoms with van der Waals surface area (Å²) in [5.74, 6) is 1.60. The second kappa shape index (κ2) is 11.8. The Kier molecular flexibility index (Phi) is 8.55. The van der Waals surface area contributed by atoms with Gasteiger partial charge in [0.15, 0.2) is 0 Å². The molecular formula is C27H32N2O3. The lowest BCUT2D eigenvalue weighted by Gasteiger charge is -2.22. The molecule has 0 saturated carbocycles. The van der Waals surface area contributed by atoms with Crippen LogP contribution in [0.2, 0.25) is 0 Å². The number of amides is 1. The molecule has 0 unspecified atom stereocenters. The SMILES string of the molecule is C=CCN(Cc1cccn1Cc1cccc(OC)c1)C(=O)c1ccc(OCCCC)cc1. The fourth-order valence-electron chi connectivity index (χ4n) is 3.50. The van der Waals surface area contributed by atoms with Crippen LogP contribution in [0.1, 0.15) is 41.4 Å². The molecule has 1 heterocycles. The van der Waals surface area contributed by atoms with Crippen LogP contribution in [0, 0.1) is 0 Å². The van der Waals surface area contributed by atoms with Gasteiger partial charge in [0.1, 0.15) is 11.5 Å². The Morgan fingerprint density at radius 1 is 1.09 bits per heavy atom. The van der Waals surface area contributed by atoms with E-state index >= 15 is 0 Å². The summed E-state index contributed by atoms with van der Waals surface area (Å²) in [5, 5.41) is 0. The van der Waals surface area contributed by atoms with E-state index in [1.54, 1.807) is 18.1 Å². The summed E-state index contributed by atoms with van der Waals surface area (Å²) >= 11 is 0. The lowest BCUT2D eigenvalue weighted by molar-refractivity contribution is 0.0759. The number of rotatable bonds is 12. The highest BCUT2D eigenvalue weighted by Crippen LogP contribution is 2.18. The summed E-state index contributed by atoms with van der Waals surface area (Å²) in [6, 6.07) is 19.5. The third-order valence-corrected chi connectivity index (χ3v) is 5.27. The van der Waals surface area contributed by atoms with Gasteiger partial charge in [0.25, 0.3) is 5.91 Å². The molecule has 2 aromatic carbocycles. The number of carbonyl (C=O) groups excluding carboxylic acids is 1. The van der Waals surface area contributed by atoms with Gasteiger partial charge in [-0.1, -0.05) is 31.6 Å². The van der Waals surface area contributed by atoms with Gasteiger partial charge in [-0.3, -0.25) is 4.79 Å². The molecule has 1 amide bonds. The van der Waals surface area contributed by atoms with E-state index in [1.807, 2.05) is 60.8 Å². The molecule has 3 aromatic rings. The fourth-order valence-corrected chi connectivity index (χ4v) is 3.50. The first-order chi connectivity index (χ1) is 15.6. The van der Waals surface area contributed by atoms with E-state index < -0.39 is 0 Å². The lowest BCUT2D eigenvalue weighted by atomic mass is 10.1. The molecule has 168 valence electrons. The van der Waals surface area contributed by atoms with Gasteiger partial charge in [-0.15, -0.1) is 6.58 Å². The van der Waals surface area contributed by atoms with Gasteiger partial charge < -0.3 is 18.9 Å². The predicted molar refractivity (Wildman–Crippen MR) is 128 cm³/mol. The first-order valence-electron chi connectivity index (χ1n) is 11.0. The van der Waals surface area contributed by atoms with Crippen LogP contribution >= 0.6 is 0 Å². The molecule has 32 heavy (non-hydrogen) atoms. The number of unbranched alkanes of at least 4 members (excludes halogenated alkanes) is 1. The Morgan fingerprint density at radius 3 is 2.62 bits per heavy atom. The summed E-state index contributed by atoms with van der Waals surface area (Å²) in [6.07, 6.45) is 5.90. The summed E-state index contributed by atoms with van der Waals surface area (Å²) in [7, 11) is 1.67. The fraction of sp³-hybridized carbons (Fsp3) is 0.296. The van der Waals surface area contributed by atoms with E-state index in [1.165, 1.54) is 0 Å². The van der Waals surface area contributed by atoms with Crippen LogP contribution in [0.5, 0.6) is 11.5 Å². The van der Waals surface area contributed by atoms with Crippen molar-refractivity contribution < 1.29 is 14.3 Å². The zero-order valence-electron chi connectivity index (χ0n) is 19.0. The Balaban J connectivity index is 1.71. The van der Waals surface area contributed by atoms with Crippen LogP contribution in [0.15, 0.2) is 79.5 Å². The first kappa shape index (κ1) is 23.2.